The Labute approximate surface area is 125 Å². The Bertz CT molecular complexity index is 502. The Morgan fingerprint density at radius 3 is 2.95 bits per heavy atom. The van der Waals surface area contributed by atoms with E-state index in [1.165, 1.54) is 0 Å². The third-order valence-corrected chi connectivity index (χ3v) is 3.42. The number of hydrogen-bond acceptors (Lipinski definition) is 4. The van der Waals surface area contributed by atoms with Gasteiger partial charge >= 0.3 is 0 Å². The molecule has 1 fully saturated rings. The van der Waals surface area contributed by atoms with Gasteiger partial charge in [-0.1, -0.05) is 12.1 Å². The van der Waals surface area contributed by atoms with Crippen LogP contribution >= 0.6 is 0 Å². The summed E-state index contributed by atoms with van der Waals surface area (Å²) in [6.07, 6.45) is -0.236. The molecule has 1 aliphatic heterocycles. The Morgan fingerprint density at radius 2 is 2.29 bits per heavy atom. The van der Waals surface area contributed by atoms with E-state index >= 15 is 0 Å². The molecule has 1 heterocycles. The first-order valence-electron chi connectivity index (χ1n) is 7.25. The third-order valence-electron chi connectivity index (χ3n) is 3.42. The highest BCUT2D eigenvalue weighted by Crippen LogP contribution is 2.20. The standard InChI is InChI=1S/C16H24N2O3/c1-12-5-4-6-13(7-12)17-15(20)9-18-8-14(10-19)21-16(2,3)11-18/h4-7,14,19H,8-11H2,1-3H3,(H,17,20). The number of aryl methyl sites for hydroxylation is 1. The van der Waals surface area contributed by atoms with Crippen LogP contribution in [0.2, 0.25) is 0 Å². The molecule has 5 nitrogen and oxygen atoms in total. The number of carbonyl (C=O) groups is 1. The Morgan fingerprint density at radius 1 is 1.52 bits per heavy atom. The average Bonchev–Trinajstić information content (AvgIpc) is 2.36. The van der Waals surface area contributed by atoms with Gasteiger partial charge < -0.3 is 15.2 Å². The Kier molecular flexibility index (Phi) is 4.98. The summed E-state index contributed by atoms with van der Waals surface area (Å²) in [6, 6.07) is 7.74. The van der Waals surface area contributed by atoms with Gasteiger partial charge in [0.25, 0.3) is 0 Å². The van der Waals surface area contributed by atoms with Crippen LogP contribution in [0.25, 0.3) is 0 Å². The summed E-state index contributed by atoms with van der Waals surface area (Å²) in [5.41, 5.74) is 1.57. The van der Waals surface area contributed by atoms with Gasteiger partial charge in [0, 0.05) is 18.8 Å². The zero-order chi connectivity index (χ0) is 15.5. The molecule has 1 unspecified atom stereocenters. The van der Waals surface area contributed by atoms with Crippen LogP contribution in [0, 0.1) is 6.92 Å². The topological polar surface area (TPSA) is 61.8 Å². The molecule has 0 bridgehead atoms. The van der Waals surface area contributed by atoms with Crippen LogP contribution in [0.4, 0.5) is 5.69 Å². The molecule has 21 heavy (non-hydrogen) atoms. The number of benzene rings is 1. The number of nitrogens with one attached hydrogen (secondary N) is 1. The molecule has 1 aliphatic rings. The molecule has 1 saturated heterocycles. The number of aliphatic hydroxyl groups is 1. The molecule has 1 atom stereocenters. The normalized spacial score (nSPS) is 22.0. The van der Waals surface area contributed by atoms with Crippen molar-refractivity contribution in [3.8, 4) is 0 Å². The highest BCUT2D eigenvalue weighted by atomic mass is 16.5. The quantitative estimate of drug-likeness (QED) is 0.881. The van der Waals surface area contributed by atoms with E-state index in [-0.39, 0.29) is 24.2 Å². The van der Waals surface area contributed by atoms with E-state index in [1.807, 2.05) is 49.9 Å². The second-order valence-corrected chi connectivity index (χ2v) is 6.27. The van der Waals surface area contributed by atoms with Gasteiger partial charge in [-0.15, -0.1) is 0 Å². The van der Waals surface area contributed by atoms with Crippen molar-refractivity contribution in [1.82, 2.24) is 4.90 Å². The highest BCUT2D eigenvalue weighted by Gasteiger charge is 2.33. The minimum absolute atomic E-state index is 0.0283. The van der Waals surface area contributed by atoms with Crippen molar-refractivity contribution in [3.63, 3.8) is 0 Å². The van der Waals surface area contributed by atoms with Crippen LogP contribution in [0.5, 0.6) is 0 Å². The minimum Gasteiger partial charge on any atom is -0.394 e. The van der Waals surface area contributed by atoms with E-state index in [4.69, 9.17) is 4.74 Å². The molecule has 116 valence electrons. The van der Waals surface area contributed by atoms with E-state index in [0.29, 0.717) is 19.6 Å². The maximum absolute atomic E-state index is 12.1. The van der Waals surface area contributed by atoms with E-state index < -0.39 is 0 Å². The van der Waals surface area contributed by atoms with Crippen LogP contribution in [0.15, 0.2) is 24.3 Å². The lowest BCUT2D eigenvalue weighted by Crippen LogP contribution is -2.55. The maximum Gasteiger partial charge on any atom is 0.238 e. The van der Waals surface area contributed by atoms with Crippen molar-refractivity contribution < 1.29 is 14.6 Å². The average molecular weight is 292 g/mol. The molecular weight excluding hydrogens is 268 g/mol. The fourth-order valence-electron chi connectivity index (χ4n) is 2.76. The van der Waals surface area contributed by atoms with Crippen molar-refractivity contribution in [1.29, 1.82) is 0 Å². The second-order valence-electron chi connectivity index (χ2n) is 6.27. The predicted octanol–water partition coefficient (Wildman–Crippen LogP) is 1.41. The number of hydrogen-bond donors (Lipinski definition) is 2. The molecule has 5 heteroatoms. The third kappa shape index (κ3) is 4.81. The monoisotopic (exact) mass is 292 g/mol. The van der Waals surface area contributed by atoms with Crippen molar-refractivity contribution in [2.75, 3.05) is 31.6 Å². The van der Waals surface area contributed by atoms with E-state index in [0.717, 1.165) is 11.3 Å². The van der Waals surface area contributed by atoms with E-state index in [9.17, 15) is 9.90 Å². The number of aliphatic hydroxyl groups excluding tert-OH is 1. The summed E-state index contributed by atoms with van der Waals surface area (Å²) in [5, 5.41) is 12.2. The first kappa shape index (κ1) is 15.9. The minimum atomic E-state index is -0.352. The molecule has 1 aromatic rings. The van der Waals surface area contributed by atoms with Gasteiger partial charge in [0.1, 0.15) is 0 Å². The van der Waals surface area contributed by atoms with Crippen LogP contribution in [0.1, 0.15) is 19.4 Å². The lowest BCUT2D eigenvalue weighted by atomic mass is 10.1. The molecule has 0 radical (unpaired) electrons. The van der Waals surface area contributed by atoms with Gasteiger partial charge in [0.15, 0.2) is 0 Å². The van der Waals surface area contributed by atoms with Crippen LogP contribution in [-0.2, 0) is 9.53 Å². The fourth-order valence-corrected chi connectivity index (χ4v) is 2.76. The molecule has 0 spiro atoms. The lowest BCUT2D eigenvalue weighted by molar-refractivity contribution is -0.151. The van der Waals surface area contributed by atoms with Gasteiger partial charge in [-0.2, -0.15) is 0 Å². The molecule has 0 saturated carbocycles. The number of ether oxygens (including phenoxy) is 1. The molecule has 0 aromatic heterocycles. The zero-order valence-corrected chi connectivity index (χ0v) is 12.9. The van der Waals surface area contributed by atoms with Crippen molar-refractivity contribution >= 4 is 11.6 Å². The SMILES string of the molecule is Cc1cccc(NC(=O)CN2CC(CO)OC(C)(C)C2)c1. The smallest absolute Gasteiger partial charge is 0.238 e. The number of nitrogens with zero attached hydrogens (tertiary/aromatic N) is 1. The fraction of sp³-hybridized carbons (Fsp3) is 0.562. The Hall–Kier alpha value is -1.43. The number of morpholine rings is 1. The van der Waals surface area contributed by atoms with Crippen LogP contribution in [0.3, 0.4) is 0 Å². The number of anilines is 1. The summed E-state index contributed by atoms with van der Waals surface area (Å²) in [4.78, 5) is 14.2. The molecule has 0 aliphatic carbocycles. The zero-order valence-electron chi connectivity index (χ0n) is 12.9. The van der Waals surface area contributed by atoms with Gasteiger partial charge in [-0.05, 0) is 38.5 Å². The molecule has 1 amide bonds. The van der Waals surface area contributed by atoms with Gasteiger partial charge in [0.05, 0.1) is 24.9 Å². The molecule has 1 aromatic carbocycles. The summed E-state index contributed by atoms with van der Waals surface area (Å²) >= 11 is 0. The largest absolute Gasteiger partial charge is 0.394 e. The summed E-state index contributed by atoms with van der Waals surface area (Å²) in [6.45, 7) is 7.45. The lowest BCUT2D eigenvalue weighted by Gasteiger charge is -2.41. The van der Waals surface area contributed by atoms with Gasteiger partial charge in [-0.25, -0.2) is 0 Å². The summed E-state index contributed by atoms with van der Waals surface area (Å²) in [7, 11) is 0. The van der Waals surface area contributed by atoms with Gasteiger partial charge in [0.2, 0.25) is 5.91 Å². The first-order valence-corrected chi connectivity index (χ1v) is 7.25. The van der Waals surface area contributed by atoms with Crippen LogP contribution < -0.4 is 5.32 Å². The molecular formula is C16H24N2O3. The summed E-state index contributed by atoms with van der Waals surface area (Å²) < 4.78 is 5.75. The second kappa shape index (κ2) is 6.56. The van der Waals surface area contributed by atoms with Crippen molar-refractivity contribution in [3.05, 3.63) is 29.8 Å². The number of rotatable bonds is 4. The maximum atomic E-state index is 12.1. The molecule has 2 N–H and O–H groups in total. The van der Waals surface area contributed by atoms with E-state index in [2.05, 4.69) is 5.32 Å². The van der Waals surface area contributed by atoms with Crippen molar-refractivity contribution in [2.45, 2.75) is 32.5 Å². The summed E-state index contributed by atoms with van der Waals surface area (Å²) in [5.74, 6) is -0.0463. The predicted molar refractivity (Wildman–Crippen MR) is 82.3 cm³/mol. The number of amides is 1. The highest BCUT2D eigenvalue weighted by molar-refractivity contribution is 5.92. The Balaban J connectivity index is 1.92. The van der Waals surface area contributed by atoms with Gasteiger partial charge in [-0.3, -0.25) is 9.69 Å². The van der Waals surface area contributed by atoms with E-state index in [1.54, 1.807) is 0 Å². The van der Waals surface area contributed by atoms with Crippen molar-refractivity contribution in [2.24, 2.45) is 0 Å². The first-order chi connectivity index (χ1) is 9.88. The van der Waals surface area contributed by atoms with Crippen LogP contribution in [-0.4, -0.2) is 53.9 Å². The molecule has 2 rings (SSSR count). The number of carbonyl (C=O) groups excluding carboxylic acids is 1.